The van der Waals surface area contributed by atoms with Crippen molar-refractivity contribution in [2.45, 2.75) is 0 Å². The zero-order valence-corrected chi connectivity index (χ0v) is 3.71. The van der Waals surface area contributed by atoms with Gasteiger partial charge in [-0.05, 0) is 0 Å². The Labute approximate surface area is 83.7 Å². The van der Waals surface area contributed by atoms with Gasteiger partial charge in [-0.15, -0.1) is 0 Å². The average Bonchev–Trinajstić information content (AvgIpc) is 0. The summed E-state index contributed by atoms with van der Waals surface area (Å²) >= 11 is 0. The first kappa shape index (κ1) is 29.4. The zero-order valence-electron chi connectivity index (χ0n) is 0.603. The monoisotopic (exact) mass is 450 g/mol. The molecule has 0 aliphatic rings. The molecule has 0 atom stereocenters. The summed E-state index contributed by atoms with van der Waals surface area (Å²) in [4.78, 5) is 0. The molecular weight excluding hydrogens is 445 g/mol. The fourth-order valence-corrected chi connectivity index (χ4v) is 0. The van der Waals surface area contributed by atoms with E-state index in [0.29, 0.717) is 0 Å². The van der Waals surface area contributed by atoms with Crippen LogP contribution in [0.2, 0.25) is 0 Å². The molecular formula is H6AuCuGaIn. The number of rotatable bonds is 0. The van der Waals surface area contributed by atoms with Crippen molar-refractivity contribution in [3.63, 3.8) is 0 Å². The van der Waals surface area contributed by atoms with Gasteiger partial charge in [-0.1, -0.05) is 0 Å². The second kappa shape index (κ2) is 17.1. The maximum atomic E-state index is 0. The van der Waals surface area contributed by atoms with E-state index in [2.05, 4.69) is 0 Å². The van der Waals surface area contributed by atoms with Gasteiger partial charge in [0.1, 0.15) is 0 Å². The molecule has 0 fully saturated rings. The molecule has 0 saturated carbocycles. The third-order valence-corrected chi connectivity index (χ3v) is 0. The predicted octanol–water partition coefficient (Wildman–Crippen LogP) is -2.37. The summed E-state index contributed by atoms with van der Waals surface area (Å²) in [5.74, 6) is 0. The first-order valence-electron chi connectivity index (χ1n) is 0. The SMILES string of the molecule is [Au].[Cu].[GaH3].[InH3]. The summed E-state index contributed by atoms with van der Waals surface area (Å²) in [5, 5.41) is 0. The molecule has 4 heteroatoms. The molecule has 0 aliphatic heterocycles. The van der Waals surface area contributed by atoms with Crippen LogP contribution in [0.1, 0.15) is 0 Å². The van der Waals surface area contributed by atoms with Crippen molar-refractivity contribution in [2.24, 2.45) is 0 Å². The normalized spacial score (nSPS) is 0. The van der Waals surface area contributed by atoms with Crippen LogP contribution in [-0.4, -0.2) is 45.6 Å². The summed E-state index contributed by atoms with van der Waals surface area (Å²) in [6.45, 7) is 0. The van der Waals surface area contributed by atoms with Gasteiger partial charge >= 0.3 is 45.6 Å². The molecule has 0 saturated heterocycles. The molecule has 0 heterocycles. The molecule has 0 bridgehead atoms. The molecule has 0 aromatic carbocycles. The third kappa shape index (κ3) is 8.84. The van der Waals surface area contributed by atoms with E-state index in [1.807, 2.05) is 0 Å². The molecule has 0 N–H and O–H groups in total. The molecule has 0 spiro atoms. The molecule has 0 unspecified atom stereocenters. The maximum absolute atomic E-state index is 0. The van der Waals surface area contributed by atoms with Gasteiger partial charge in [0.25, 0.3) is 0 Å². The second-order valence-corrected chi connectivity index (χ2v) is 0. The van der Waals surface area contributed by atoms with Crippen molar-refractivity contribution in [3.8, 4) is 0 Å². The molecule has 0 rings (SSSR count). The zero-order chi connectivity index (χ0) is 0. The molecule has 0 aromatic heterocycles. The summed E-state index contributed by atoms with van der Waals surface area (Å²) < 4.78 is 0. The van der Waals surface area contributed by atoms with Gasteiger partial charge in [-0.3, -0.25) is 0 Å². The third-order valence-electron chi connectivity index (χ3n) is 0. The van der Waals surface area contributed by atoms with Crippen molar-refractivity contribution in [1.82, 2.24) is 0 Å². The Balaban J connectivity index is 0. The van der Waals surface area contributed by atoms with E-state index in [1.165, 1.54) is 0 Å². The Bertz CT molecular complexity index is 8.00. The van der Waals surface area contributed by atoms with Crippen LogP contribution in [0.15, 0.2) is 0 Å². The van der Waals surface area contributed by atoms with Crippen LogP contribution in [0.4, 0.5) is 0 Å². The van der Waals surface area contributed by atoms with Crippen LogP contribution < -0.4 is 0 Å². The average molecular weight is 451 g/mol. The van der Waals surface area contributed by atoms with E-state index in [-0.39, 0.29) is 85.1 Å². The molecule has 0 aliphatic carbocycles. The Hall–Kier alpha value is 2.77. The van der Waals surface area contributed by atoms with Crippen molar-refractivity contribution >= 4 is 45.6 Å². The van der Waals surface area contributed by atoms with Crippen molar-refractivity contribution in [3.05, 3.63) is 0 Å². The van der Waals surface area contributed by atoms with E-state index >= 15 is 0 Å². The van der Waals surface area contributed by atoms with E-state index in [9.17, 15) is 0 Å². The van der Waals surface area contributed by atoms with Crippen LogP contribution in [-0.2, 0) is 39.4 Å². The van der Waals surface area contributed by atoms with Gasteiger partial charge in [-0.2, -0.15) is 0 Å². The number of hydrogen-bond donors (Lipinski definition) is 0. The standard InChI is InChI=1S/Au.Cu.Ga.In.6H. The van der Waals surface area contributed by atoms with Crippen molar-refractivity contribution in [1.29, 1.82) is 0 Å². The Morgan fingerprint density at radius 3 is 1.00 bits per heavy atom. The van der Waals surface area contributed by atoms with Crippen LogP contribution in [0.5, 0.6) is 0 Å². The minimum atomic E-state index is 0. The quantitative estimate of drug-likeness (QED) is 0.362. The van der Waals surface area contributed by atoms with Gasteiger partial charge in [0, 0.05) is 39.4 Å². The van der Waals surface area contributed by atoms with Crippen molar-refractivity contribution < 1.29 is 39.4 Å². The molecule has 0 aromatic rings. The van der Waals surface area contributed by atoms with E-state index in [4.69, 9.17) is 0 Å². The Morgan fingerprint density at radius 1 is 1.00 bits per heavy atom. The molecule has 2 radical (unpaired) electrons. The van der Waals surface area contributed by atoms with Gasteiger partial charge in [-0.25, -0.2) is 0 Å². The van der Waals surface area contributed by atoms with Crippen LogP contribution in [0.25, 0.3) is 0 Å². The van der Waals surface area contributed by atoms with Gasteiger partial charge in [0.2, 0.25) is 0 Å². The summed E-state index contributed by atoms with van der Waals surface area (Å²) in [6, 6.07) is 0. The predicted molar refractivity (Wildman–Crippen MR) is 19.9 cm³/mol. The fraction of sp³-hybridized carbons (Fsp3) is 0. The Morgan fingerprint density at radius 2 is 1.00 bits per heavy atom. The first-order chi connectivity index (χ1) is 0. The molecule has 0 nitrogen and oxygen atoms in total. The van der Waals surface area contributed by atoms with Crippen LogP contribution in [0, 0.1) is 0 Å². The fourth-order valence-electron chi connectivity index (χ4n) is 0. The van der Waals surface area contributed by atoms with Crippen LogP contribution in [0.3, 0.4) is 0 Å². The molecule has 0 amide bonds. The van der Waals surface area contributed by atoms with E-state index in [0.717, 1.165) is 0 Å². The number of hydrogen-bond acceptors (Lipinski definition) is 0. The minimum absolute atomic E-state index is 0. The van der Waals surface area contributed by atoms with Gasteiger partial charge < -0.3 is 0 Å². The van der Waals surface area contributed by atoms with Crippen molar-refractivity contribution in [2.75, 3.05) is 0 Å². The molecule has 4 heavy (non-hydrogen) atoms. The summed E-state index contributed by atoms with van der Waals surface area (Å²) in [7, 11) is 0. The second-order valence-electron chi connectivity index (χ2n) is 0. The van der Waals surface area contributed by atoms with Gasteiger partial charge in [0.05, 0.1) is 0 Å². The molecule has 34 valence electrons. The van der Waals surface area contributed by atoms with E-state index in [1.54, 1.807) is 0 Å². The summed E-state index contributed by atoms with van der Waals surface area (Å²) in [6.07, 6.45) is 0. The summed E-state index contributed by atoms with van der Waals surface area (Å²) in [5.41, 5.74) is 0. The Kier molecular flexibility index (Phi) is 126. The van der Waals surface area contributed by atoms with Gasteiger partial charge in [0.15, 0.2) is 0 Å². The first-order valence-corrected chi connectivity index (χ1v) is 0. The van der Waals surface area contributed by atoms with Crippen LogP contribution >= 0.6 is 0 Å². The topological polar surface area (TPSA) is 0 Å². The van der Waals surface area contributed by atoms with E-state index < -0.39 is 0 Å².